The number of rotatable bonds is 4. The normalized spacial score (nSPS) is 14.5. The van der Waals surface area contributed by atoms with Gasteiger partial charge in [-0.15, -0.1) is 11.3 Å². The molecule has 0 saturated heterocycles. The average Bonchev–Trinajstić information content (AvgIpc) is 3.23. The summed E-state index contributed by atoms with van der Waals surface area (Å²) in [5.74, 6) is -0.538. The Bertz CT molecular complexity index is 1090. The molecule has 0 aliphatic carbocycles. The van der Waals surface area contributed by atoms with E-state index in [1.165, 1.54) is 5.01 Å². The van der Waals surface area contributed by atoms with Gasteiger partial charge >= 0.3 is 0 Å². The predicted octanol–water partition coefficient (Wildman–Crippen LogP) is 3.27. The standard InChI is InChI=1S/C21H23N5O2S/c1-21(2,3)18-12-25-15-7-9-29-17(15)10-16(25)20(28)26(24-18)13-19(27)23-11-14-6-4-5-8-22-14/h4-10H,11-13H2,1-3H3,(H,23,27). The number of thiophene rings is 1. The maximum Gasteiger partial charge on any atom is 0.291 e. The Morgan fingerprint density at radius 2 is 2.10 bits per heavy atom. The van der Waals surface area contributed by atoms with E-state index in [9.17, 15) is 9.59 Å². The van der Waals surface area contributed by atoms with Crippen LogP contribution in [-0.2, 0) is 17.9 Å². The summed E-state index contributed by atoms with van der Waals surface area (Å²) in [5, 5.41) is 10.7. The number of nitrogens with zero attached hydrogens (tertiary/aromatic N) is 4. The van der Waals surface area contributed by atoms with Crippen LogP contribution in [0.25, 0.3) is 10.2 Å². The lowest BCUT2D eigenvalue weighted by atomic mass is 9.90. The maximum atomic E-state index is 13.2. The monoisotopic (exact) mass is 409 g/mol. The second-order valence-electron chi connectivity index (χ2n) is 8.04. The van der Waals surface area contributed by atoms with Crippen molar-refractivity contribution >= 4 is 39.1 Å². The van der Waals surface area contributed by atoms with Crippen LogP contribution in [0.4, 0.5) is 0 Å². The summed E-state index contributed by atoms with van der Waals surface area (Å²) < 4.78 is 3.06. The first-order chi connectivity index (χ1) is 13.8. The van der Waals surface area contributed by atoms with Crippen molar-refractivity contribution in [3.8, 4) is 0 Å². The first-order valence-electron chi connectivity index (χ1n) is 9.46. The topological polar surface area (TPSA) is 79.6 Å². The minimum absolute atomic E-state index is 0.135. The van der Waals surface area contributed by atoms with Gasteiger partial charge in [-0.1, -0.05) is 26.8 Å². The van der Waals surface area contributed by atoms with Crippen LogP contribution in [0.15, 0.2) is 47.0 Å². The summed E-state index contributed by atoms with van der Waals surface area (Å²) in [6, 6.07) is 9.44. The van der Waals surface area contributed by atoms with Crippen LogP contribution >= 0.6 is 11.3 Å². The van der Waals surface area contributed by atoms with Crippen molar-refractivity contribution in [2.45, 2.75) is 33.9 Å². The molecule has 3 aromatic heterocycles. The van der Waals surface area contributed by atoms with E-state index < -0.39 is 0 Å². The molecule has 2 amide bonds. The lowest BCUT2D eigenvalue weighted by Crippen LogP contribution is -2.38. The number of carbonyl (C=O) groups excluding carboxylic acids is 2. The quantitative estimate of drug-likeness (QED) is 0.718. The number of amides is 2. The Morgan fingerprint density at radius 1 is 1.28 bits per heavy atom. The number of hydrazone groups is 1. The first-order valence-corrected chi connectivity index (χ1v) is 10.3. The van der Waals surface area contributed by atoms with Gasteiger partial charge in [0.1, 0.15) is 12.2 Å². The zero-order chi connectivity index (χ0) is 20.6. The molecule has 1 aliphatic heterocycles. The third kappa shape index (κ3) is 3.93. The van der Waals surface area contributed by atoms with Gasteiger partial charge < -0.3 is 9.88 Å². The first kappa shape index (κ1) is 19.3. The Hall–Kier alpha value is -3.00. The Kier molecular flexibility index (Phi) is 4.96. The van der Waals surface area contributed by atoms with E-state index >= 15 is 0 Å². The van der Waals surface area contributed by atoms with Crippen LogP contribution in [0, 0.1) is 5.41 Å². The molecule has 0 unspecified atom stereocenters. The largest absolute Gasteiger partial charge is 0.349 e. The molecule has 0 atom stereocenters. The molecule has 0 aromatic carbocycles. The number of fused-ring (bicyclic) bond motifs is 3. The van der Waals surface area contributed by atoms with E-state index in [1.807, 2.05) is 40.3 Å². The molecule has 7 nitrogen and oxygen atoms in total. The van der Waals surface area contributed by atoms with Gasteiger partial charge in [-0.25, -0.2) is 5.01 Å². The molecule has 1 N–H and O–H groups in total. The van der Waals surface area contributed by atoms with Crippen LogP contribution in [0.2, 0.25) is 0 Å². The lowest BCUT2D eigenvalue weighted by Gasteiger charge is -2.23. The molecule has 29 heavy (non-hydrogen) atoms. The second-order valence-corrected chi connectivity index (χ2v) is 8.99. The smallest absolute Gasteiger partial charge is 0.291 e. The minimum atomic E-state index is -0.275. The zero-order valence-corrected chi connectivity index (χ0v) is 17.5. The number of nitrogens with one attached hydrogen (secondary N) is 1. The molecule has 4 heterocycles. The average molecular weight is 410 g/mol. The van der Waals surface area contributed by atoms with E-state index in [2.05, 4.69) is 36.2 Å². The summed E-state index contributed by atoms with van der Waals surface area (Å²) in [5.41, 5.74) is 2.96. The molecule has 0 fully saturated rings. The van der Waals surface area contributed by atoms with Crippen molar-refractivity contribution in [1.82, 2.24) is 19.9 Å². The summed E-state index contributed by atoms with van der Waals surface area (Å²) in [6.45, 7) is 6.89. The van der Waals surface area contributed by atoms with Crippen molar-refractivity contribution < 1.29 is 9.59 Å². The van der Waals surface area contributed by atoms with Gasteiger partial charge in [-0.3, -0.25) is 14.6 Å². The van der Waals surface area contributed by atoms with E-state index in [0.717, 1.165) is 21.6 Å². The van der Waals surface area contributed by atoms with Crippen molar-refractivity contribution in [2.75, 3.05) is 6.54 Å². The fraction of sp³-hybridized carbons (Fsp3) is 0.333. The molecule has 0 spiro atoms. The van der Waals surface area contributed by atoms with Gasteiger partial charge in [0, 0.05) is 11.6 Å². The summed E-state index contributed by atoms with van der Waals surface area (Å²) >= 11 is 1.60. The third-order valence-electron chi connectivity index (χ3n) is 4.88. The van der Waals surface area contributed by atoms with Gasteiger partial charge in [0.2, 0.25) is 5.91 Å². The van der Waals surface area contributed by atoms with Gasteiger partial charge in [-0.2, -0.15) is 5.10 Å². The fourth-order valence-electron chi connectivity index (χ4n) is 3.21. The number of hydrogen-bond donors (Lipinski definition) is 1. The van der Waals surface area contributed by atoms with Gasteiger partial charge in [0.05, 0.1) is 34.7 Å². The van der Waals surface area contributed by atoms with E-state index in [1.54, 1.807) is 17.5 Å². The van der Waals surface area contributed by atoms with Crippen molar-refractivity contribution in [2.24, 2.45) is 10.5 Å². The fourth-order valence-corrected chi connectivity index (χ4v) is 4.03. The van der Waals surface area contributed by atoms with Crippen LogP contribution in [0.1, 0.15) is 37.0 Å². The van der Waals surface area contributed by atoms with Gasteiger partial charge in [-0.05, 0) is 29.6 Å². The minimum Gasteiger partial charge on any atom is -0.349 e. The van der Waals surface area contributed by atoms with Crippen molar-refractivity contribution in [3.05, 3.63) is 53.3 Å². The lowest BCUT2D eigenvalue weighted by molar-refractivity contribution is -0.122. The Labute approximate surface area is 173 Å². The Morgan fingerprint density at radius 3 is 2.83 bits per heavy atom. The van der Waals surface area contributed by atoms with Gasteiger partial charge in [0.15, 0.2) is 0 Å². The molecule has 0 saturated carbocycles. The predicted molar refractivity (Wildman–Crippen MR) is 114 cm³/mol. The van der Waals surface area contributed by atoms with Gasteiger partial charge in [0.25, 0.3) is 5.91 Å². The molecule has 150 valence electrons. The van der Waals surface area contributed by atoms with Crippen molar-refractivity contribution in [1.29, 1.82) is 0 Å². The van der Waals surface area contributed by atoms with Crippen LogP contribution in [0.5, 0.6) is 0 Å². The van der Waals surface area contributed by atoms with Crippen LogP contribution in [0.3, 0.4) is 0 Å². The van der Waals surface area contributed by atoms with Crippen LogP contribution < -0.4 is 5.32 Å². The maximum absolute atomic E-state index is 13.2. The summed E-state index contributed by atoms with van der Waals surface area (Å²) in [6.07, 6.45) is 1.68. The number of hydrogen-bond acceptors (Lipinski definition) is 5. The summed E-state index contributed by atoms with van der Waals surface area (Å²) in [7, 11) is 0. The number of carbonyl (C=O) groups is 2. The Balaban J connectivity index is 1.60. The van der Waals surface area contributed by atoms with E-state index in [-0.39, 0.29) is 23.8 Å². The second kappa shape index (κ2) is 7.44. The highest BCUT2D eigenvalue weighted by atomic mass is 32.1. The summed E-state index contributed by atoms with van der Waals surface area (Å²) in [4.78, 5) is 29.9. The highest BCUT2D eigenvalue weighted by Crippen LogP contribution is 2.30. The number of aromatic nitrogens is 2. The highest BCUT2D eigenvalue weighted by Gasteiger charge is 2.31. The molecule has 4 rings (SSSR count). The van der Waals surface area contributed by atoms with E-state index in [4.69, 9.17) is 0 Å². The molecule has 8 heteroatoms. The third-order valence-corrected chi connectivity index (χ3v) is 5.73. The molecule has 0 bridgehead atoms. The molecular weight excluding hydrogens is 386 g/mol. The molecule has 0 radical (unpaired) electrons. The molecule has 1 aliphatic rings. The van der Waals surface area contributed by atoms with E-state index in [0.29, 0.717) is 18.8 Å². The molecule has 3 aromatic rings. The SMILES string of the molecule is CC(C)(C)C1=NN(CC(=O)NCc2ccccn2)C(=O)c2cc3sccc3n2C1. The van der Waals surface area contributed by atoms with Crippen molar-refractivity contribution in [3.63, 3.8) is 0 Å². The number of pyridine rings is 1. The molecular formula is C21H23N5O2S. The highest BCUT2D eigenvalue weighted by molar-refractivity contribution is 7.17. The zero-order valence-electron chi connectivity index (χ0n) is 16.7. The van der Waals surface area contributed by atoms with Crippen LogP contribution in [-0.4, -0.2) is 38.6 Å².